The summed E-state index contributed by atoms with van der Waals surface area (Å²) in [5.41, 5.74) is 3.84. The van der Waals surface area contributed by atoms with Gasteiger partial charge in [-0.3, -0.25) is 4.55 Å². The summed E-state index contributed by atoms with van der Waals surface area (Å²) in [6.45, 7) is 2.28. The fraction of sp³-hybridized carbons (Fsp3) is 0.561. The van der Waals surface area contributed by atoms with Gasteiger partial charge in [-0.1, -0.05) is 220 Å². The van der Waals surface area contributed by atoms with Crippen molar-refractivity contribution in [2.45, 2.75) is 140 Å². The Morgan fingerprint density at radius 1 is 0.457 bits per heavy atom. The lowest BCUT2D eigenvalue weighted by Gasteiger charge is -2.31. The lowest BCUT2D eigenvalue weighted by molar-refractivity contribution is 0.478. The van der Waals surface area contributed by atoms with Gasteiger partial charge >= 0.3 is 0 Å². The Morgan fingerprint density at radius 3 is 0.935 bits per heavy atom. The molecule has 5 heteroatoms. The van der Waals surface area contributed by atoms with Crippen molar-refractivity contribution in [3.8, 4) is 0 Å². The molecular formula is C41H63O3PS. The van der Waals surface area contributed by atoms with Crippen molar-refractivity contribution in [2.75, 3.05) is 5.75 Å². The van der Waals surface area contributed by atoms with Crippen LogP contribution in [-0.4, -0.2) is 18.7 Å². The van der Waals surface area contributed by atoms with Crippen LogP contribution in [0.1, 0.15) is 152 Å². The van der Waals surface area contributed by atoms with Gasteiger partial charge in [0.2, 0.25) is 0 Å². The number of hydrogen-bond acceptors (Lipinski definition) is 2. The zero-order chi connectivity index (χ0) is 33.2. The summed E-state index contributed by atoms with van der Waals surface area (Å²) in [6.07, 6.45) is 26.2. The molecule has 0 radical (unpaired) electrons. The minimum atomic E-state index is -3.75. The summed E-state index contributed by atoms with van der Waals surface area (Å²) in [7, 11) is -0.689. The SMILES string of the molecule is CCCCCCCCCCCCCCCCCCCCCCS(=O)(=O)O.PC(c1ccccc1)(c1ccccc1)c1ccccc1. The maximum atomic E-state index is 10.6. The van der Waals surface area contributed by atoms with E-state index in [1.54, 1.807) is 0 Å². The highest BCUT2D eigenvalue weighted by Crippen LogP contribution is 2.44. The zero-order valence-corrected chi connectivity index (χ0v) is 30.7. The molecule has 3 aromatic rings. The third-order valence-corrected chi connectivity index (χ3v) is 10.7. The van der Waals surface area contributed by atoms with Crippen molar-refractivity contribution >= 4 is 19.4 Å². The van der Waals surface area contributed by atoms with Crippen molar-refractivity contribution in [2.24, 2.45) is 0 Å². The molecule has 0 heterocycles. The number of benzene rings is 3. The fourth-order valence-electron chi connectivity index (χ4n) is 6.14. The van der Waals surface area contributed by atoms with Crippen LogP contribution in [0, 0.1) is 0 Å². The molecular weight excluding hydrogens is 603 g/mol. The van der Waals surface area contributed by atoms with E-state index >= 15 is 0 Å². The molecule has 46 heavy (non-hydrogen) atoms. The van der Waals surface area contributed by atoms with Gasteiger partial charge < -0.3 is 0 Å². The van der Waals surface area contributed by atoms with Crippen LogP contribution in [-0.2, 0) is 15.3 Å². The predicted molar refractivity (Wildman–Crippen MR) is 203 cm³/mol. The van der Waals surface area contributed by atoms with Gasteiger partial charge in [-0.15, -0.1) is 9.24 Å². The molecule has 3 rings (SSSR count). The molecule has 1 atom stereocenters. The minimum absolute atomic E-state index is 0.0774. The van der Waals surface area contributed by atoms with E-state index in [9.17, 15) is 8.42 Å². The molecule has 0 amide bonds. The molecule has 1 N–H and O–H groups in total. The van der Waals surface area contributed by atoms with E-state index in [2.05, 4.69) is 107 Å². The smallest absolute Gasteiger partial charge is 0.264 e. The molecule has 256 valence electrons. The topological polar surface area (TPSA) is 54.4 Å². The normalized spacial score (nSPS) is 11.6. The average molecular weight is 667 g/mol. The maximum absolute atomic E-state index is 10.6. The molecule has 0 spiro atoms. The van der Waals surface area contributed by atoms with Gasteiger partial charge in [0.25, 0.3) is 10.1 Å². The van der Waals surface area contributed by atoms with Crippen LogP contribution in [0.3, 0.4) is 0 Å². The third-order valence-electron chi connectivity index (χ3n) is 8.94. The first-order chi connectivity index (χ1) is 22.4. The van der Waals surface area contributed by atoms with Gasteiger partial charge in [-0.25, -0.2) is 0 Å². The van der Waals surface area contributed by atoms with Crippen molar-refractivity contribution < 1.29 is 13.0 Å². The summed E-state index contributed by atoms with van der Waals surface area (Å²) >= 11 is 0. The second-order valence-corrected chi connectivity index (χ2v) is 15.3. The molecule has 0 aromatic heterocycles. The molecule has 0 saturated heterocycles. The summed E-state index contributed by atoms with van der Waals surface area (Å²) < 4.78 is 29.8. The summed E-state index contributed by atoms with van der Waals surface area (Å²) in [4.78, 5) is 0. The van der Waals surface area contributed by atoms with Crippen molar-refractivity contribution in [3.63, 3.8) is 0 Å². The van der Waals surface area contributed by atoms with Gasteiger partial charge in [0.15, 0.2) is 0 Å². The molecule has 0 bridgehead atoms. The molecule has 0 aliphatic carbocycles. The minimum Gasteiger partial charge on any atom is -0.286 e. The van der Waals surface area contributed by atoms with E-state index in [4.69, 9.17) is 4.55 Å². The Morgan fingerprint density at radius 2 is 0.696 bits per heavy atom. The maximum Gasteiger partial charge on any atom is 0.264 e. The first-order valence-corrected chi connectivity index (χ1v) is 20.5. The van der Waals surface area contributed by atoms with Crippen LogP contribution in [0.15, 0.2) is 91.0 Å². The second-order valence-electron chi connectivity index (χ2n) is 12.9. The van der Waals surface area contributed by atoms with E-state index < -0.39 is 10.1 Å². The highest BCUT2D eigenvalue weighted by Gasteiger charge is 2.30. The Bertz CT molecular complexity index is 1120. The van der Waals surface area contributed by atoms with E-state index in [1.807, 2.05) is 0 Å². The first kappa shape index (κ1) is 40.2. The van der Waals surface area contributed by atoms with Gasteiger partial charge in [0.1, 0.15) is 0 Å². The Labute approximate surface area is 285 Å². The molecule has 0 aliphatic rings. The van der Waals surface area contributed by atoms with Gasteiger partial charge in [0, 0.05) is 0 Å². The monoisotopic (exact) mass is 666 g/mol. The number of hydrogen-bond donors (Lipinski definition) is 1. The van der Waals surface area contributed by atoms with E-state index in [0.29, 0.717) is 6.42 Å². The zero-order valence-electron chi connectivity index (χ0n) is 28.8. The average Bonchev–Trinajstić information content (AvgIpc) is 3.08. The molecule has 0 fully saturated rings. The van der Waals surface area contributed by atoms with Gasteiger partial charge in [-0.2, -0.15) is 8.42 Å². The van der Waals surface area contributed by atoms with Crippen molar-refractivity contribution in [3.05, 3.63) is 108 Å². The highest BCUT2D eigenvalue weighted by atomic mass is 32.2. The molecule has 0 saturated carbocycles. The van der Waals surface area contributed by atoms with Crippen molar-refractivity contribution in [1.29, 1.82) is 0 Å². The van der Waals surface area contributed by atoms with Crippen molar-refractivity contribution in [1.82, 2.24) is 0 Å². The highest BCUT2D eigenvalue weighted by molar-refractivity contribution is 7.85. The van der Waals surface area contributed by atoms with E-state index in [1.165, 1.54) is 126 Å². The van der Waals surface area contributed by atoms with Crippen LogP contribution < -0.4 is 0 Å². The predicted octanol–water partition coefficient (Wildman–Crippen LogP) is 12.5. The molecule has 3 nitrogen and oxygen atoms in total. The molecule has 1 unspecified atom stereocenters. The van der Waals surface area contributed by atoms with Crippen LogP contribution in [0.25, 0.3) is 0 Å². The molecule has 3 aromatic carbocycles. The van der Waals surface area contributed by atoms with Gasteiger partial charge in [-0.05, 0) is 23.1 Å². The van der Waals surface area contributed by atoms with Crippen LogP contribution in [0.5, 0.6) is 0 Å². The fourth-order valence-corrected chi connectivity index (χ4v) is 7.29. The summed E-state index contributed by atoms with van der Waals surface area (Å²) in [5.74, 6) is -0.0774. The largest absolute Gasteiger partial charge is 0.286 e. The quantitative estimate of drug-likeness (QED) is 0.0448. The standard InChI is InChI=1S/C22H46O3S.C19H17P/c1-2-3-4-5-6-7-8-9-10-11-12-13-14-15-16-17-18-19-20-21-22-26(23,24)25;20-19(16-10-4-1-5-11-16,17-12-6-2-7-13-17)18-14-8-3-9-15-18/h2-22H2,1H3,(H,23,24,25);1-15H,20H2. The van der Waals surface area contributed by atoms with E-state index in [-0.39, 0.29) is 10.9 Å². The third kappa shape index (κ3) is 17.8. The number of rotatable bonds is 24. The molecule has 0 aliphatic heterocycles. The van der Waals surface area contributed by atoms with E-state index in [0.717, 1.165) is 12.8 Å². The Hall–Kier alpha value is -2.00. The Kier molecular flexibility index (Phi) is 21.9. The summed E-state index contributed by atoms with van der Waals surface area (Å²) in [6, 6.07) is 31.9. The number of unbranched alkanes of at least 4 members (excludes halogenated alkanes) is 19. The van der Waals surface area contributed by atoms with Crippen LogP contribution in [0.4, 0.5) is 0 Å². The van der Waals surface area contributed by atoms with Gasteiger partial charge in [0.05, 0.1) is 10.9 Å². The first-order valence-electron chi connectivity index (χ1n) is 18.3. The van der Waals surface area contributed by atoms with Crippen LogP contribution in [0.2, 0.25) is 0 Å². The second kappa shape index (κ2) is 25.1. The lowest BCUT2D eigenvalue weighted by Crippen LogP contribution is -2.21. The van der Waals surface area contributed by atoms with Crippen LogP contribution >= 0.6 is 9.24 Å². The Balaban J connectivity index is 0.000000328. The lowest BCUT2D eigenvalue weighted by atomic mass is 9.84. The summed E-state index contributed by atoms with van der Waals surface area (Å²) in [5, 5.41) is -0.205.